The molecule has 1 amide bonds. The van der Waals surface area contributed by atoms with Crippen molar-refractivity contribution in [1.82, 2.24) is 19.8 Å². The van der Waals surface area contributed by atoms with Gasteiger partial charge in [0.25, 0.3) is 0 Å². The smallest absolute Gasteiger partial charge is 0.242 e. The summed E-state index contributed by atoms with van der Waals surface area (Å²) in [6.07, 6.45) is 1.64. The maximum Gasteiger partial charge on any atom is 0.242 e. The van der Waals surface area contributed by atoms with E-state index in [1.165, 1.54) is 0 Å². The van der Waals surface area contributed by atoms with Gasteiger partial charge in [-0.2, -0.15) is 4.98 Å². The van der Waals surface area contributed by atoms with Crippen LogP contribution in [-0.2, 0) is 4.79 Å². The van der Waals surface area contributed by atoms with Gasteiger partial charge in [-0.3, -0.25) is 4.79 Å². The van der Waals surface area contributed by atoms with Crippen molar-refractivity contribution in [3.63, 3.8) is 0 Å². The van der Waals surface area contributed by atoms with Gasteiger partial charge in [0.2, 0.25) is 11.9 Å². The van der Waals surface area contributed by atoms with Gasteiger partial charge in [0.1, 0.15) is 5.69 Å². The van der Waals surface area contributed by atoms with Crippen molar-refractivity contribution in [2.45, 2.75) is 6.92 Å². The van der Waals surface area contributed by atoms with Crippen molar-refractivity contribution in [2.24, 2.45) is 4.99 Å². The lowest BCUT2D eigenvalue weighted by molar-refractivity contribution is -0.130. The number of amides is 1. The lowest BCUT2D eigenvalue weighted by Crippen LogP contribution is -2.48. The van der Waals surface area contributed by atoms with Crippen LogP contribution in [0.3, 0.4) is 0 Å². The van der Waals surface area contributed by atoms with Gasteiger partial charge in [-0.15, -0.1) is 0 Å². The second kappa shape index (κ2) is 10.8. The number of ether oxygens (including phenoxy) is 2. The zero-order valence-corrected chi connectivity index (χ0v) is 19.6. The molecule has 3 rings (SSSR count). The van der Waals surface area contributed by atoms with Gasteiger partial charge in [-0.05, 0) is 38.2 Å². The number of nitrogens with two attached hydrogens (primary N) is 1. The van der Waals surface area contributed by atoms with Gasteiger partial charge in [-0.25, -0.2) is 9.98 Å². The number of nitrogens with one attached hydrogen (secondary N) is 1. The molecule has 1 saturated heterocycles. The standard InChI is InChI=1S/C23H31N7O3/c1-6-17(16-7-8-18(32-4)19(13-16)33-5)27-21-15(2)26-23(24)28-22(21)25-14-20(31)30-11-9-29(3)10-12-30/h6-8,13H,1,9-12,14H2,2-5H3,(H3,24,25,26,28). The average molecular weight is 454 g/mol. The SMILES string of the molecule is C=CC(=Nc1c(C)nc(N)nc1NCC(=O)N1CCN(C)CC1)c1ccc(OC)c(OC)c1. The molecule has 0 spiro atoms. The van der Waals surface area contributed by atoms with E-state index in [9.17, 15) is 4.79 Å². The molecule has 3 N–H and O–H groups in total. The fourth-order valence-electron chi connectivity index (χ4n) is 3.52. The van der Waals surface area contributed by atoms with E-state index >= 15 is 0 Å². The van der Waals surface area contributed by atoms with Crippen molar-refractivity contribution in [3.05, 3.63) is 42.1 Å². The van der Waals surface area contributed by atoms with Crippen LogP contribution in [0.25, 0.3) is 0 Å². The molecule has 2 aromatic rings. The number of likely N-dealkylation sites (N-methyl/N-ethyl adjacent to an activating group) is 1. The summed E-state index contributed by atoms with van der Waals surface area (Å²) < 4.78 is 10.7. The Morgan fingerprint density at radius 2 is 1.91 bits per heavy atom. The first-order chi connectivity index (χ1) is 15.9. The first-order valence-electron chi connectivity index (χ1n) is 10.6. The lowest BCUT2D eigenvalue weighted by atomic mass is 10.1. The van der Waals surface area contributed by atoms with Crippen molar-refractivity contribution < 1.29 is 14.3 Å². The quantitative estimate of drug-likeness (QED) is 0.582. The van der Waals surface area contributed by atoms with Gasteiger partial charge in [0, 0.05) is 31.7 Å². The van der Waals surface area contributed by atoms with Crippen LogP contribution in [0.5, 0.6) is 11.5 Å². The summed E-state index contributed by atoms with van der Waals surface area (Å²) in [5.74, 6) is 1.68. The predicted molar refractivity (Wildman–Crippen MR) is 130 cm³/mol. The van der Waals surface area contributed by atoms with Gasteiger partial charge < -0.3 is 30.3 Å². The third-order valence-electron chi connectivity index (χ3n) is 5.44. The Labute approximate surface area is 194 Å². The van der Waals surface area contributed by atoms with Gasteiger partial charge >= 0.3 is 0 Å². The Morgan fingerprint density at radius 3 is 2.55 bits per heavy atom. The number of anilines is 2. The number of hydrogen-bond acceptors (Lipinski definition) is 9. The van der Waals surface area contributed by atoms with Crippen LogP contribution in [0.1, 0.15) is 11.3 Å². The van der Waals surface area contributed by atoms with Crippen molar-refractivity contribution in [3.8, 4) is 11.5 Å². The van der Waals surface area contributed by atoms with Gasteiger partial charge in [-0.1, -0.05) is 6.58 Å². The summed E-state index contributed by atoms with van der Waals surface area (Å²) in [5.41, 5.74) is 8.30. The molecule has 10 heteroatoms. The summed E-state index contributed by atoms with van der Waals surface area (Å²) in [6, 6.07) is 5.48. The van der Waals surface area contributed by atoms with E-state index in [0.717, 1.165) is 18.7 Å². The van der Waals surface area contributed by atoms with Crippen LogP contribution in [0.2, 0.25) is 0 Å². The second-order valence-electron chi connectivity index (χ2n) is 7.67. The van der Waals surface area contributed by atoms with Crippen LogP contribution in [0.15, 0.2) is 35.8 Å². The molecule has 0 unspecified atom stereocenters. The Hall–Kier alpha value is -3.66. The number of benzene rings is 1. The summed E-state index contributed by atoms with van der Waals surface area (Å²) in [5, 5.41) is 3.10. The Morgan fingerprint density at radius 1 is 1.21 bits per heavy atom. The van der Waals surface area contributed by atoms with Crippen LogP contribution in [-0.4, -0.2) is 85.4 Å². The molecule has 1 aliphatic heterocycles. The normalized spacial score (nSPS) is 14.7. The molecule has 176 valence electrons. The minimum atomic E-state index is -0.00305. The maximum absolute atomic E-state index is 12.7. The predicted octanol–water partition coefficient (Wildman–Crippen LogP) is 1.88. The lowest BCUT2D eigenvalue weighted by Gasteiger charge is -2.32. The molecule has 0 radical (unpaired) electrons. The van der Waals surface area contributed by atoms with Crippen LogP contribution >= 0.6 is 0 Å². The van der Waals surface area contributed by atoms with Crippen LogP contribution in [0.4, 0.5) is 17.5 Å². The van der Waals surface area contributed by atoms with Crippen molar-refractivity contribution in [2.75, 3.05) is 65.0 Å². The van der Waals surface area contributed by atoms with Crippen molar-refractivity contribution in [1.29, 1.82) is 0 Å². The highest BCUT2D eigenvalue weighted by molar-refractivity contribution is 6.10. The molecular formula is C23H31N7O3. The Balaban J connectivity index is 1.88. The highest BCUT2D eigenvalue weighted by Crippen LogP contribution is 2.31. The molecule has 1 aliphatic rings. The highest BCUT2D eigenvalue weighted by atomic mass is 16.5. The number of aryl methyl sites for hydroxylation is 1. The number of aliphatic imine (C=N–C) groups is 1. The molecular weight excluding hydrogens is 422 g/mol. The van der Waals surface area contributed by atoms with E-state index in [-0.39, 0.29) is 18.4 Å². The van der Waals surface area contributed by atoms with E-state index in [0.29, 0.717) is 47.5 Å². The average Bonchev–Trinajstić information content (AvgIpc) is 2.82. The zero-order chi connectivity index (χ0) is 24.0. The summed E-state index contributed by atoms with van der Waals surface area (Å²) >= 11 is 0. The molecule has 0 aliphatic carbocycles. The molecule has 0 atom stereocenters. The number of aromatic nitrogens is 2. The number of carbonyl (C=O) groups excluding carboxylic acids is 1. The maximum atomic E-state index is 12.7. The van der Waals surface area contributed by atoms with Crippen molar-refractivity contribution >= 4 is 29.1 Å². The molecule has 0 bridgehead atoms. The fourth-order valence-corrected chi connectivity index (χ4v) is 3.52. The fraction of sp³-hybridized carbons (Fsp3) is 0.391. The van der Waals surface area contributed by atoms with E-state index in [1.54, 1.807) is 33.3 Å². The number of allylic oxidation sites excluding steroid dienone is 1. The largest absolute Gasteiger partial charge is 0.493 e. The number of methoxy groups -OCH3 is 2. The second-order valence-corrected chi connectivity index (χ2v) is 7.67. The summed E-state index contributed by atoms with van der Waals surface area (Å²) in [6.45, 7) is 8.89. The topological polar surface area (TPSA) is 118 Å². The molecule has 10 nitrogen and oxygen atoms in total. The summed E-state index contributed by atoms with van der Waals surface area (Å²) in [7, 11) is 5.20. The number of nitrogen functional groups attached to an aromatic ring is 1. The first kappa shape index (κ1) is 24.0. The monoisotopic (exact) mass is 453 g/mol. The van der Waals surface area contributed by atoms with Gasteiger partial charge in [0.05, 0.1) is 32.2 Å². The Kier molecular flexibility index (Phi) is 7.83. The summed E-state index contributed by atoms with van der Waals surface area (Å²) in [4.78, 5) is 30.0. The Bertz CT molecular complexity index is 1050. The molecule has 2 heterocycles. The number of rotatable bonds is 8. The van der Waals surface area contributed by atoms with E-state index in [2.05, 4.69) is 26.8 Å². The number of hydrogen-bond donors (Lipinski definition) is 2. The van der Waals surface area contributed by atoms with Crippen LogP contribution in [0, 0.1) is 6.92 Å². The van der Waals surface area contributed by atoms with E-state index in [1.807, 2.05) is 24.1 Å². The molecule has 33 heavy (non-hydrogen) atoms. The number of carbonyl (C=O) groups is 1. The highest BCUT2D eigenvalue weighted by Gasteiger charge is 2.20. The van der Waals surface area contributed by atoms with Crippen LogP contribution < -0.4 is 20.5 Å². The van der Waals surface area contributed by atoms with Gasteiger partial charge in [0.15, 0.2) is 17.3 Å². The minimum absolute atomic E-state index is 0.00305. The zero-order valence-electron chi connectivity index (χ0n) is 19.6. The third-order valence-corrected chi connectivity index (χ3v) is 5.44. The van der Waals surface area contributed by atoms with E-state index < -0.39 is 0 Å². The number of piperazine rings is 1. The molecule has 0 saturated carbocycles. The molecule has 1 fully saturated rings. The number of nitrogens with zero attached hydrogens (tertiary/aromatic N) is 5. The molecule has 1 aromatic heterocycles. The van der Waals surface area contributed by atoms with E-state index in [4.69, 9.17) is 20.2 Å². The minimum Gasteiger partial charge on any atom is -0.493 e. The molecule has 1 aromatic carbocycles. The third kappa shape index (κ3) is 5.78. The first-order valence-corrected chi connectivity index (χ1v) is 10.6.